The first-order valence-corrected chi connectivity index (χ1v) is 11.0. The Morgan fingerprint density at radius 3 is 2.75 bits per heavy atom. The number of rotatable bonds is 6. The minimum Gasteiger partial charge on any atom is -0.349 e. The molecule has 2 unspecified atom stereocenters. The molecule has 0 aromatic carbocycles. The minimum atomic E-state index is -3.64. The molecule has 1 aliphatic heterocycles. The highest BCUT2D eigenvalue weighted by atomic mass is 32.2. The fourth-order valence-corrected chi connectivity index (χ4v) is 5.10. The van der Waals surface area contributed by atoms with Crippen molar-refractivity contribution in [1.82, 2.24) is 29.2 Å². The summed E-state index contributed by atoms with van der Waals surface area (Å²) in [5.41, 5.74) is 1.87. The second-order valence-electron chi connectivity index (χ2n) is 7.31. The molecule has 10 heteroatoms. The predicted molar refractivity (Wildman–Crippen MR) is 104 cm³/mol. The Morgan fingerprint density at radius 1 is 1.39 bits per heavy atom. The Balaban J connectivity index is 1.68. The zero-order chi connectivity index (χ0) is 20.5. The number of piperidine rings is 1. The molecule has 1 fully saturated rings. The second-order valence-corrected chi connectivity index (χ2v) is 9.25. The van der Waals surface area contributed by atoms with Gasteiger partial charge in [-0.25, -0.2) is 8.42 Å². The molecule has 0 bridgehead atoms. The molecule has 2 aromatic heterocycles. The topological polar surface area (TPSA) is 102 Å². The first kappa shape index (κ1) is 20.5. The average molecular weight is 409 g/mol. The van der Waals surface area contributed by atoms with Gasteiger partial charge < -0.3 is 5.32 Å². The molecule has 1 aliphatic rings. The predicted octanol–water partition coefficient (Wildman–Crippen LogP) is 1.22. The maximum absolute atomic E-state index is 12.8. The number of aromatic nitrogens is 4. The highest BCUT2D eigenvalue weighted by molar-refractivity contribution is 7.89. The van der Waals surface area contributed by atoms with Crippen molar-refractivity contribution in [2.75, 3.05) is 13.1 Å². The van der Waals surface area contributed by atoms with Crippen molar-refractivity contribution in [3.8, 4) is 0 Å². The molecule has 0 spiro atoms. The minimum absolute atomic E-state index is 0.123. The summed E-state index contributed by atoms with van der Waals surface area (Å²) in [4.78, 5) is 13.0. The number of hydrogen-bond acceptors (Lipinski definition) is 5. The van der Waals surface area contributed by atoms with E-state index in [2.05, 4.69) is 15.5 Å². The summed E-state index contributed by atoms with van der Waals surface area (Å²) in [6.07, 6.45) is 6.09. The van der Waals surface area contributed by atoms with Gasteiger partial charge in [0.25, 0.3) is 0 Å². The largest absolute Gasteiger partial charge is 0.349 e. The number of hydrogen-bond donors (Lipinski definition) is 1. The van der Waals surface area contributed by atoms with Crippen molar-refractivity contribution in [2.24, 2.45) is 13.0 Å². The van der Waals surface area contributed by atoms with Crippen molar-refractivity contribution in [3.63, 3.8) is 0 Å². The summed E-state index contributed by atoms with van der Waals surface area (Å²) in [6, 6.07) is -0.182. The van der Waals surface area contributed by atoms with Gasteiger partial charge in [0.2, 0.25) is 15.9 Å². The van der Waals surface area contributed by atoms with Crippen LogP contribution >= 0.6 is 0 Å². The van der Waals surface area contributed by atoms with Crippen LogP contribution in [0.15, 0.2) is 23.5 Å². The third kappa shape index (κ3) is 4.12. The number of aryl methyl sites for hydroxylation is 3. The van der Waals surface area contributed by atoms with Crippen LogP contribution in [0.2, 0.25) is 0 Å². The Morgan fingerprint density at radius 2 is 2.14 bits per heavy atom. The maximum atomic E-state index is 12.8. The van der Waals surface area contributed by atoms with Gasteiger partial charge in [0, 0.05) is 44.6 Å². The number of carbonyl (C=O) groups is 1. The van der Waals surface area contributed by atoms with Crippen LogP contribution in [0.4, 0.5) is 0 Å². The summed E-state index contributed by atoms with van der Waals surface area (Å²) >= 11 is 0. The van der Waals surface area contributed by atoms with Gasteiger partial charge in [-0.2, -0.15) is 14.5 Å². The van der Waals surface area contributed by atoms with Crippen LogP contribution in [0, 0.1) is 12.8 Å². The lowest BCUT2D eigenvalue weighted by Crippen LogP contribution is -2.45. The first-order valence-electron chi connectivity index (χ1n) is 9.55. The normalized spacial score (nSPS) is 19.5. The molecule has 2 aromatic rings. The average Bonchev–Trinajstić information content (AvgIpc) is 3.27. The molecule has 0 radical (unpaired) electrons. The third-order valence-electron chi connectivity index (χ3n) is 5.21. The van der Waals surface area contributed by atoms with Crippen molar-refractivity contribution in [1.29, 1.82) is 0 Å². The lowest BCUT2D eigenvalue weighted by atomic mass is 9.98. The maximum Gasteiger partial charge on any atom is 0.246 e. The van der Waals surface area contributed by atoms with Crippen LogP contribution in [0.25, 0.3) is 0 Å². The molecule has 3 rings (SSSR count). The van der Waals surface area contributed by atoms with Gasteiger partial charge in [0.05, 0.1) is 23.9 Å². The van der Waals surface area contributed by atoms with E-state index in [-0.39, 0.29) is 29.3 Å². The van der Waals surface area contributed by atoms with Gasteiger partial charge in [-0.1, -0.05) is 0 Å². The highest BCUT2D eigenvalue weighted by Gasteiger charge is 2.34. The Bertz CT molecular complexity index is 948. The van der Waals surface area contributed by atoms with Crippen LogP contribution in [0.5, 0.6) is 0 Å². The van der Waals surface area contributed by atoms with E-state index in [0.717, 1.165) is 17.8 Å². The van der Waals surface area contributed by atoms with Crippen molar-refractivity contribution < 1.29 is 13.2 Å². The zero-order valence-electron chi connectivity index (χ0n) is 16.8. The molecule has 9 nitrogen and oxygen atoms in total. The Labute approximate surface area is 165 Å². The van der Waals surface area contributed by atoms with Crippen molar-refractivity contribution in [3.05, 3.63) is 29.8 Å². The number of amides is 1. The molecule has 154 valence electrons. The molecular weight excluding hydrogens is 380 g/mol. The number of sulfonamides is 1. The van der Waals surface area contributed by atoms with Crippen LogP contribution in [0.3, 0.4) is 0 Å². The van der Waals surface area contributed by atoms with Crippen molar-refractivity contribution >= 4 is 15.9 Å². The Kier molecular flexibility index (Phi) is 5.90. The summed E-state index contributed by atoms with van der Waals surface area (Å²) in [5.74, 6) is -0.494. The molecule has 0 saturated carbocycles. The van der Waals surface area contributed by atoms with Crippen LogP contribution in [-0.2, 0) is 28.4 Å². The van der Waals surface area contributed by atoms with E-state index in [0.29, 0.717) is 19.4 Å². The van der Waals surface area contributed by atoms with E-state index in [1.54, 1.807) is 7.05 Å². The highest BCUT2D eigenvalue weighted by Crippen LogP contribution is 2.25. The fourth-order valence-electron chi connectivity index (χ4n) is 3.59. The molecule has 0 aliphatic carbocycles. The van der Waals surface area contributed by atoms with Crippen LogP contribution in [-0.4, -0.2) is 51.3 Å². The molecule has 2 atom stereocenters. The lowest BCUT2D eigenvalue weighted by molar-refractivity contribution is -0.126. The number of carbonyl (C=O) groups excluding carboxylic acids is 1. The Hall–Kier alpha value is -2.20. The van der Waals surface area contributed by atoms with Crippen LogP contribution < -0.4 is 5.32 Å². The van der Waals surface area contributed by atoms with Gasteiger partial charge in [0.15, 0.2) is 0 Å². The second kappa shape index (κ2) is 8.04. The van der Waals surface area contributed by atoms with E-state index < -0.39 is 10.0 Å². The molecule has 1 saturated heterocycles. The van der Waals surface area contributed by atoms with E-state index >= 15 is 0 Å². The summed E-state index contributed by atoms with van der Waals surface area (Å²) in [6.45, 7) is 7.23. The molecular formula is C18H28N6O3S. The monoisotopic (exact) mass is 408 g/mol. The van der Waals surface area contributed by atoms with E-state index in [9.17, 15) is 13.2 Å². The molecule has 28 heavy (non-hydrogen) atoms. The van der Waals surface area contributed by atoms with Gasteiger partial charge in [-0.05, 0) is 33.6 Å². The molecule has 1 amide bonds. The van der Waals surface area contributed by atoms with Crippen molar-refractivity contribution in [2.45, 2.75) is 51.1 Å². The zero-order valence-corrected chi connectivity index (χ0v) is 17.6. The van der Waals surface area contributed by atoms with E-state index in [1.165, 1.54) is 21.4 Å². The number of nitrogens with zero attached hydrogens (tertiary/aromatic N) is 5. The molecule has 1 N–H and O–H groups in total. The quantitative estimate of drug-likeness (QED) is 0.774. The van der Waals surface area contributed by atoms with Gasteiger partial charge in [-0.15, -0.1) is 0 Å². The third-order valence-corrected chi connectivity index (χ3v) is 7.03. The van der Waals surface area contributed by atoms with Gasteiger partial charge >= 0.3 is 0 Å². The summed E-state index contributed by atoms with van der Waals surface area (Å²) in [7, 11) is -1.96. The fraction of sp³-hybridized carbons (Fsp3) is 0.611. The smallest absolute Gasteiger partial charge is 0.246 e. The summed E-state index contributed by atoms with van der Waals surface area (Å²) in [5, 5.41) is 11.4. The molecule has 3 heterocycles. The van der Waals surface area contributed by atoms with E-state index in [1.807, 2.05) is 31.6 Å². The van der Waals surface area contributed by atoms with Gasteiger partial charge in [0.1, 0.15) is 4.90 Å². The lowest BCUT2D eigenvalue weighted by Gasteiger charge is -2.31. The number of nitrogens with one attached hydrogen (secondary N) is 1. The van der Waals surface area contributed by atoms with Gasteiger partial charge in [-0.3, -0.25) is 14.2 Å². The van der Waals surface area contributed by atoms with E-state index in [4.69, 9.17) is 0 Å². The first-order chi connectivity index (χ1) is 13.2. The standard InChI is InChI=1S/C18H28N6O3S/c1-5-23-12-17(14(3)21-23)13(2)20-18(25)15-7-6-8-24(10-15)28(26,27)16-9-19-22(4)11-16/h9,11-13,15H,5-8,10H2,1-4H3,(H,20,25). The SMILES string of the molecule is CCn1cc(C(C)NC(=O)C2CCCN(S(=O)(=O)c3cnn(C)c3)C2)c(C)n1. The summed E-state index contributed by atoms with van der Waals surface area (Å²) < 4.78 is 30.3. The van der Waals surface area contributed by atoms with Crippen LogP contribution in [0.1, 0.15) is 44.0 Å².